The van der Waals surface area contributed by atoms with E-state index in [0.29, 0.717) is 41.3 Å². The lowest BCUT2D eigenvalue weighted by Gasteiger charge is -2.59. The molecule has 156 valence electrons. The number of benzene rings is 1. The zero-order valence-corrected chi connectivity index (χ0v) is 17.4. The van der Waals surface area contributed by atoms with Crippen molar-refractivity contribution in [3.63, 3.8) is 0 Å². The van der Waals surface area contributed by atoms with E-state index in [-0.39, 0.29) is 11.8 Å². The van der Waals surface area contributed by atoms with E-state index >= 15 is 0 Å². The molecule has 0 spiro atoms. The van der Waals surface area contributed by atoms with Gasteiger partial charge in [0, 0.05) is 18.1 Å². The van der Waals surface area contributed by atoms with Gasteiger partial charge in [0.15, 0.2) is 0 Å². The van der Waals surface area contributed by atoms with Crippen LogP contribution in [0.1, 0.15) is 76.2 Å². The molecule has 1 aromatic rings. The third kappa shape index (κ3) is 3.00. The standard InChI is InChI=1S/C25H33FN2O/c1-25-12-15-7-18(13-25)23(19(8-15)14-25)27-24(29)28-21-5-6-22(28)11-17(10-21)16-3-2-4-20(26)9-16/h2-4,9,15,17-19,21-23H,5-8,10-14H2,1H3,(H,27,29)/t15?,17-,18?,19?,21+,22-,23-,25+. The van der Waals surface area contributed by atoms with Gasteiger partial charge in [0.25, 0.3) is 0 Å². The fourth-order valence-electron chi connectivity index (χ4n) is 8.42. The lowest BCUT2D eigenvalue weighted by molar-refractivity contribution is -0.0646. The number of carbonyl (C=O) groups is 1. The number of rotatable bonds is 2. The molecule has 0 aromatic heterocycles. The first-order valence-corrected chi connectivity index (χ1v) is 11.8. The van der Waals surface area contributed by atoms with Crippen LogP contribution in [0.3, 0.4) is 0 Å². The maximum atomic E-state index is 13.7. The third-order valence-corrected chi connectivity index (χ3v) is 9.16. The van der Waals surface area contributed by atoms with E-state index in [2.05, 4.69) is 23.2 Å². The average Bonchev–Trinajstić information content (AvgIpc) is 2.93. The Bertz CT molecular complexity index is 795. The van der Waals surface area contributed by atoms with Gasteiger partial charge in [-0.15, -0.1) is 0 Å². The number of hydrogen-bond donors (Lipinski definition) is 1. The number of halogens is 1. The minimum Gasteiger partial charge on any atom is -0.335 e. The predicted octanol–water partition coefficient (Wildman–Crippen LogP) is 5.46. The molecule has 0 radical (unpaired) electrons. The Morgan fingerprint density at radius 3 is 2.38 bits per heavy atom. The smallest absolute Gasteiger partial charge is 0.318 e. The number of nitrogens with one attached hydrogen (secondary N) is 1. The SMILES string of the molecule is C[C@]12CC3CC(C1)[C@@H](NC(=O)N1[C@@H]4CC[C@H]1C[C@@H](c1cccc(F)c1)C4)C(C3)C2. The number of urea groups is 1. The zero-order chi connectivity index (χ0) is 19.8. The molecule has 1 N–H and O–H groups in total. The summed E-state index contributed by atoms with van der Waals surface area (Å²) in [4.78, 5) is 15.6. The molecule has 2 heterocycles. The first-order chi connectivity index (χ1) is 14.0. The van der Waals surface area contributed by atoms with Gasteiger partial charge in [-0.05, 0) is 105 Å². The molecule has 2 unspecified atom stereocenters. The molecule has 3 nitrogen and oxygen atoms in total. The molecule has 1 aromatic carbocycles. The minimum absolute atomic E-state index is 0.148. The van der Waals surface area contributed by atoms with Crippen molar-refractivity contribution in [3.05, 3.63) is 35.6 Å². The maximum absolute atomic E-state index is 13.7. The van der Waals surface area contributed by atoms with Crippen LogP contribution in [0.4, 0.5) is 9.18 Å². The van der Waals surface area contributed by atoms with Gasteiger partial charge in [-0.2, -0.15) is 0 Å². The molecule has 4 saturated carbocycles. The first-order valence-electron chi connectivity index (χ1n) is 11.8. The molecule has 5 atom stereocenters. The van der Waals surface area contributed by atoms with Gasteiger partial charge < -0.3 is 10.2 Å². The van der Waals surface area contributed by atoms with Crippen molar-refractivity contribution >= 4 is 6.03 Å². The second-order valence-electron chi connectivity index (χ2n) is 11.3. The Kier molecular flexibility index (Phi) is 4.05. The lowest BCUT2D eigenvalue weighted by Crippen LogP contribution is -2.61. The van der Waals surface area contributed by atoms with Crippen molar-refractivity contribution in [2.45, 2.75) is 88.8 Å². The van der Waals surface area contributed by atoms with E-state index in [9.17, 15) is 9.18 Å². The first kappa shape index (κ1) is 18.2. The van der Waals surface area contributed by atoms with E-state index in [4.69, 9.17) is 0 Å². The van der Waals surface area contributed by atoms with E-state index < -0.39 is 0 Å². The molecule has 6 fully saturated rings. The molecular weight excluding hydrogens is 363 g/mol. The fraction of sp³-hybridized carbons (Fsp3) is 0.720. The van der Waals surface area contributed by atoms with Crippen molar-refractivity contribution in [2.75, 3.05) is 0 Å². The van der Waals surface area contributed by atoms with Gasteiger partial charge >= 0.3 is 6.03 Å². The molecule has 4 heteroatoms. The second kappa shape index (κ2) is 6.46. The van der Waals surface area contributed by atoms with Crippen LogP contribution in [0.5, 0.6) is 0 Å². The lowest BCUT2D eigenvalue weighted by atomic mass is 9.48. The Balaban J connectivity index is 1.15. The summed E-state index contributed by atoms with van der Waals surface area (Å²) in [5.41, 5.74) is 1.65. The Hall–Kier alpha value is -1.58. The van der Waals surface area contributed by atoms with Gasteiger partial charge in [-0.1, -0.05) is 19.1 Å². The summed E-state index contributed by atoms with van der Waals surface area (Å²) in [6, 6.07) is 8.30. The van der Waals surface area contributed by atoms with Crippen LogP contribution < -0.4 is 5.32 Å². The van der Waals surface area contributed by atoms with Gasteiger partial charge in [0.1, 0.15) is 5.82 Å². The predicted molar refractivity (Wildman–Crippen MR) is 111 cm³/mol. The third-order valence-electron chi connectivity index (χ3n) is 9.16. The number of amides is 2. The quantitative estimate of drug-likeness (QED) is 0.707. The minimum atomic E-state index is -0.148. The summed E-state index contributed by atoms with van der Waals surface area (Å²) < 4.78 is 13.7. The summed E-state index contributed by atoms with van der Waals surface area (Å²) in [5, 5.41) is 3.54. The highest BCUT2D eigenvalue weighted by Crippen LogP contribution is 2.59. The van der Waals surface area contributed by atoms with Gasteiger partial charge in [0.05, 0.1) is 0 Å². The van der Waals surface area contributed by atoms with Crippen LogP contribution in [0, 0.1) is 29.0 Å². The van der Waals surface area contributed by atoms with E-state index in [1.807, 2.05) is 6.07 Å². The largest absolute Gasteiger partial charge is 0.335 e. The summed E-state index contributed by atoms with van der Waals surface area (Å²) in [6.45, 7) is 2.48. The molecule has 2 saturated heterocycles. The normalized spacial score (nSPS) is 44.9. The van der Waals surface area contributed by atoms with E-state index in [1.54, 1.807) is 6.07 Å². The summed E-state index contributed by atoms with van der Waals surface area (Å²) >= 11 is 0. The molecule has 4 aliphatic carbocycles. The molecule has 7 rings (SSSR count). The van der Waals surface area contributed by atoms with Gasteiger partial charge in [-0.25, -0.2) is 9.18 Å². The van der Waals surface area contributed by atoms with Gasteiger partial charge in [-0.3, -0.25) is 0 Å². The molecule has 29 heavy (non-hydrogen) atoms. The van der Waals surface area contributed by atoms with Crippen LogP contribution in [0.15, 0.2) is 24.3 Å². The fourth-order valence-corrected chi connectivity index (χ4v) is 8.42. The summed E-state index contributed by atoms with van der Waals surface area (Å²) in [7, 11) is 0. The molecule has 2 aliphatic heterocycles. The maximum Gasteiger partial charge on any atom is 0.318 e. The molecular formula is C25H33FN2O. The van der Waals surface area contributed by atoms with E-state index in [0.717, 1.165) is 37.2 Å². The van der Waals surface area contributed by atoms with Crippen molar-refractivity contribution < 1.29 is 9.18 Å². The number of hydrogen-bond acceptors (Lipinski definition) is 1. The second-order valence-corrected chi connectivity index (χ2v) is 11.3. The molecule has 6 aliphatic rings. The topological polar surface area (TPSA) is 32.3 Å². The number of piperidine rings is 1. The highest BCUT2D eigenvalue weighted by molar-refractivity contribution is 5.76. The highest BCUT2D eigenvalue weighted by atomic mass is 19.1. The van der Waals surface area contributed by atoms with E-state index in [1.165, 1.54) is 38.2 Å². The summed E-state index contributed by atoms with van der Waals surface area (Å²) in [6.07, 6.45) is 10.8. The number of carbonyl (C=O) groups excluding carboxylic acids is 1. The zero-order valence-electron chi connectivity index (χ0n) is 17.4. The van der Waals surface area contributed by atoms with Crippen LogP contribution in [-0.4, -0.2) is 29.1 Å². The van der Waals surface area contributed by atoms with Crippen molar-refractivity contribution in [3.8, 4) is 0 Å². The number of fused-ring (bicyclic) bond motifs is 2. The van der Waals surface area contributed by atoms with Crippen LogP contribution in [-0.2, 0) is 0 Å². The summed E-state index contributed by atoms with van der Waals surface area (Å²) in [5.74, 6) is 2.53. The van der Waals surface area contributed by atoms with Crippen molar-refractivity contribution in [1.29, 1.82) is 0 Å². The van der Waals surface area contributed by atoms with Crippen LogP contribution >= 0.6 is 0 Å². The van der Waals surface area contributed by atoms with Crippen molar-refractivity contribution in [2.24, 2.45) is 23.2 Å². The molecule has 2 amide bonds. The average molecular weight is 397 g/mol. The van der Waals surface area contributed by atoms with Crippen LogP contribution in [0.2, 0.25) is 0 Å². The Labute approximate surface area is 173 Å². The Morgan fingerprint density at radius 1 is 1.07 bits per heavy atom. The Morgan fingerprint density at radius 2 is 1.76 bits per heavy atom. The molecule has 6 bridgehead atoms. The van der Waals surface area contributed by atoms with Gasteiger partial charge in [0.2, 0.25) is 0 Å². The van der Waals surface area contributed by atoms with Crippen molar-refractivity contribution in [1.82, 2.24) is 10.2 Å². The number of nitrogens with zero attached hydrogens (tertiary/aromatic N) is 1. The monoisotopic (exact) mass is 396 g/mol. The highest BCUT2D eigenvalue weighted by Gasteiger charge is 2.54. The van der Waals surface area contributed by atoms with Crippen LogP contribution in [0.25, 0.3) is 0 Å².